The number of aromatic nitrogens is 1. The van der Waals surface area contributed by atoms with Crippen LogP contribution in [0.3, 0.4) is 0 Å². The molecule has 1 amide bonds. The number of hydrogen-bond acceptors (Lipinski definition) is 4. The number of pyridine rings is 1. The van der Waals surface area contributed by atoms with Crippen molar-refractivity contribution in [3.8, 4) is 5.75 Å². The average Bonchev–Trinajstić information content (AvgIpc) is 3.33. The van der Waals surface area contributed by atoms with Crippen LogP contribution in [-0.4, -0.2) is 18.0 Å². The van der Waals surface area contributed by atoms with Crippen molar-refractivity contribution in [2.45, 2.75) is 31.6 Å². The Morgan fingerprint density at radius 3 is 2.59 bits per heavy atom. The van der Waals surface area contributed by atoms with Crippen molar-refractivity contribution in [1.82, 2.24) is 4.98 Å². The lowest BCUT2D eigenvalue weighted by Crippen LogP contribution is -2.13. The van der Waals surface area contributed by atoms with E-state index in [-0.39, 0.29) is 16.0 Å². The van der Waals surface area contributed by atoms with Gasteiger partial charge < -0.3 is 14.5 Å². The molecule has 1 N–H and O–H groups in total. The van der Waals surface area contributed by atoms with Crippen molar-refractivity contribution in [3.05, 3.63) is 52.0 Å². The van der Waals surface area contributed by atoms with Gasteiger partial charge in [-0.1, -0.05) is 36.0 Å². The number of methoxy groups -OCH3 is 1. The second-order valence-corrected chi connectivity index (χ2v) is 7.44. The van der Waals surface area contributed by atoms with E-state index in [1.165, 1.54) is 25.2 Å². The predicted molar refractivity (Wildman–Crippen MR) is 106 cm³/mol. The molecule has 1 aromatic carbocycles. The van der Waals surface area contributed by atoms with E-state index in [2.05, 4.69) is 10.3 Å². The number of carbonyl (C=O) groups excluding carboxylic acids is 1. The van der Waals surface area contributed by atoms with E-state index < -0.39 is 0 Å². The van der Waals surface area contributed by atoms with Crippen molar-refractivity contribution < 1.29 is 13.9 Å². The molecule has 7 heteroatoms. The number of ether oxygens (including phenoxy) is 1. The summed E-state index contributed by atoms with van der Waals surface area (Å²) >= 11 is 12.2. The molecule has 0 bridgehead atoms. The quantitative estimate of drug-likeness (QED) is 0.574. The molecule has 1 aliphatic rings. The lowest BCUT2D eigenvalue weighted by Gasteiger charge is -2.10. The maximum absolute atomic E-state index is 12.9. The van der Waals surface area contributed by atoms with Crippen LogP contribution in [0.25, 0.3) is 11.0 Å². The van der Waals surface area contributed by atoms with Gasteiger partial charge in [0, 0.05) is 23.7 Å². The minimum Gasteiger partial charge on any atom is -0.493 e. The summed E-state index contributed by atoms with van der Waals surface area (Å²) in [4.78, 5) is 16.8. The first-order valence-electron chi connectivity index (χ1n) is 8.79. The molecule has 2 heterocycles. The Kier molecular flexibility index (Phi) is 4.98. The number of anilines is 1. The molecule has 4 rings (SSSR count). The van der Waals surface area contributed by atoms with Gasteiger partial charge in [-0.2, -0.15) is 0 Å². The summed E-state index contributed by atoms with van der Waals surface area (Å²) in [7, 11) is 1.59. The predicted octanol–water partition coefficient (Wildman–Crippen LogP) is 6.05. The SMILES string of the molecule is COc1ccc(C(=O)Nc2c(Cl)cncc2Cl)c2cc(C3CCCC3)oc12. The van der Waals surface area contributed by atoms with Crippen molar-refractivity contribution in [3.63, 3.8) is 0 Å². The Hall–Kier alpha value is -2.24. The van der Waals surface area contributed by atoms with Crippen LogP contribution in [0.5, 0.6) is 5.75 Å². The molecule has 1 fully saturated rings. The standard InChI is InChI=1S/C20H18Cl2N2O3/c1-26-16-7-6-12(20(25)24-18-14(21)9-23-10-15(18)22)13-8-17(27-19(13)16)11-4-2-3-5-11/h6-11H,2-5H2,1H3,(H,23,24,25). The fraction of sp³-hybridized carbons (Fsp3) is 0.300. The highest BCUT2D eigenvalue weighted by Gasteiger charge is 2.24. The number of furan rings is 1. The summed E-state index contributed by atoms with van der Waals surface area (Å²) < 4.78 is 11.5. The van der Waals surface area contributed by atoms with E-state index in [1.54, 1.807) is 19.2 Å². The highest BCUT2D eigenvalue weighted by atomic mass is 35.5. The van der Waals surface area contributed by atoms with Gasteiger partial charge in [0.15, 0.2) is 11.3 Å². The molecule has 27 heavy (non-hydrogen) atoms. The highest BCUT2D eigenvalue weighted by molar-refractivity contribution is 6.39. The zero-order valence-electron chi connectivity index (χ0n) is 14.7. The lowest BCUT2D eigenvalue weighted by atomic mass is 10.0. The maximum Gasteiger partial charge on any atom is 0.256 e. The number of nitrogens with one attached hydrogen (secondary N) is 1. The first kappa shape index (κ1) is 18.1. The number of nitrogens with zero attached hydrogens (tertiary/aromatic N) is 1. The second-order valence-electron chi connectivity index (χ2n) is 6.62. The second kappa shape index (κ2) is 7.41. The fourth-order valence-corrected chi connectivity index (χ4v) is 4.06. The van der Waals surface area contributed by atoms with Crippen LogP contribution in [0.1, 0.15) is 47.7 Å². The van der Waals surface area contributed by atoms with Crippen LogP contribution in [0.15, 0.2) is 35.0 Å². The number of benzene rings is 1. The summed E-state index contributed by atoms with van der Waals surface area (Å²) in [5, 5.41) is 4.05. The molecule has 0 radical (unpaired) electrons. The highest BCUT2D eigenvalue weighted by Crippen LogP contribution is 2.40. The molecule has 5 nitrogen and oxygen atoms in total. The number of rotatable bonds is 4. The Morgan fingerprint density at radius 2 is 1.93 bits per heavy atom. The molecule has 1 saturated carbocycles. The van der Waals surface area contributed by atoms with Crippen LogP contribution >= 0.6 is 23.2 Å². The van der Waals surface area contributed by atoms with E-state index >= 15 is 0 Å². The molecule has 0 unspecified atom stereocenters. The Morgan fingerprint density at radius 1 is 1.22 bits per heavy atom. The Labute approximate surface area is 166 Å². The van der Waals surface area contributed by atoms with Crippen LogP contribution in [0, 0.1) is 0 Å². The summed E-state index contributed by atoms with van der Waals surface area (Å²) in [5.41, 5.74) is 1.39. The molecule has 0 spiro atoms. The lowest BCUT2D eigenvalue weighted by molar-refractivity contribution is 0.102. The topological polar surface area (TPSA) is 64.4 Å². The summed E-state index contributed by atoms with van der Waals surface area (Å²) in [5.74, 6) is 1.57. The fourth-order valence-electron chi connectivity index (χ4n) is 3.60. The average molecular weight is 405 g/mol. The Bertz CT molecular complexity index is 990. The van der Waals surface area contributed by atoms with Crippen molar-refractivity contribution in [1.29, 1.82) is 0 Å². The molecular weight excluding hydrogens is 387 g/mol. The zero-order valence-corrected chi connectivity index (χ0v) is 16.2. The van der Waals surface area contributed by atoms with Gasteiger partial charge in [0.2, 0.25) is 0 Å². The molecule has 0 saturated heterocycles. The van der Waals surface area contributed by atoms with E-state index in [9.17, 15) is 4.79 Å². The summed E-state index contributed by atoms with van der Waals surface area (Å²) in [6, 6.07) is 5.40. The van der Waals surface area contributed by atoms with Gasteiger partial charge in [0.1, 0.15) is 5.76 Å². The largest absolute Gasteiger partial charge is 0.493 e. The van der Waals surface area contributed by atoms with Crippen LogP contribution in [-0.2, 0) is 0 Å². The van der Waals surface area contributed by atoms with Gasteiger partial charge in [0.25, 0.3) is 5.91 Å². The summed E-state index contributed by atoms with van der Waals surface area (Å²) in [6.45, 7) is 0. The van der Waals surface area contributed by atoms with E-state index in [0.717, 1.165) is 24.0 Å². The van der Waals surface area contributed by atoms with Crippen LogP contribution in [0.4, 0.5) is 5.69 Å². The van der Waals surface area contributed by atoms with E-state index in [4.69, 9.17) is 32.4 Å². The number of halogens is 2. The Balaban J connectivity index is 1.75. The summed E-state index contributed by atoms with van der Waals surface area (Å²) in [6.07, 6.45) is 7.47. The third-order valence-electron chi connectivity index (χ3n) is 4.98. The van der Waals surface area contributed by atoms with Crippen LogP contribution < -0.4 is 10.1 Å². The first-order chi connectivity index (χ1) is 13.1. The molecule has 3 aromatic rings. The van der Waals surface area contributed by atoms with E-state index in [0.29, 0.717) is 28.5 Å². The molecule has 1 aliphatic carbocycles. The number of fused-ring (bicyclic) bond motifs is 1. The third-order valence-corrected chi connectivity index (χ3v) is 5.55. The van der Waals surface area contributed by atoms with Gasteiger partial charge in [-0.25, -0.2) is 0 Å². The van der Waals surface area contributed by atoms with Gasteiger partial charge >= 0.3 is 0 Å². The van der Waals surface area contributed by atoms with E-state index in [1.807, 2.05) is 6.07 Å². The smallest absolute Gasteiger partial charge is 0.256 e. The molecular formula is C20H18Cl2N2O3. The minimum atomic E-state index is -0.323. The van der Waals surface area contributed by atoms with Crippen molar-refractivity contribution >= 4 is 45.8 Å². The third kappa shape index (κ3) is 3.37. The van der Waals surface area contributed by atoms with Crippen LogP contribution in [0.2, 0.25) is 10.0 Å². The van der Waals surface area contributed by atoms with Gasteiger partial charge in [0.05, 0.1) is 28.4 Å². The number of carbonyl (C=O) groups is 1. The minimum absolute atomic E-state index is 0.277. The molecule has 2 aromatic heterocycles. The maximum atomic E-state index is 12.9. The van der Waals surface area contributed by atoms with Gasteiger partial charge in [-0.05, 0) is 31.0 Å². The molecule has 0 atom stereocenters. The van der Waals surface area contributed by atoms with Gasteiger partial charge in [-0.15, -0.1) is 0 Å². The molecule has 0 aliphatic heterocycles. The normalized spacial score (nSPS) is 14.6. The first-order valence-corrected chi connectivity index (χ1v) is 9.55. The van der Waals surface area contributed by atoms with Crippen molar-refractivity contribution in [2.24, 2.45) is 0 Å². The molecule has 140 valence electrons. The van der Waals surface area contributed by atoms with Gasteiger partial charge in [-0.3, -0.25) is 9.78 Å². The monoisotopic (exact) mass is 404 g/mol. The number of hydrogen-bond donors (Lipinski definition) is 1. The van der Waals surface area contributed by atoms with Crippen molar-refractivity contribution in [2.75, 3.05) is 12.4 Å². The zero-order chi connectivity index (χ0) is 19.0. The number of amides is 1.